The van der Waals surface area contributed by atoms with Crippen LogP contribution in [0.4, 0.5) is 0 Å². The maximum Gasteiger partial charge on any atom is 0.336 e. The number of aromatic carboxylic acids is 1. The average molecular weight is 317 g/mol. The van der Waals surface area contributed by atoms with E-state index >= 15 is 0 Å². The molecule has 2 aromatic carbocycles. The van der Waals surface area contributed by atoms with Crippen molar-refractivity contribution in [2.75, 3.05) is 0 Å². The number of rotatable bonds is 2. The molecule has 0 radical (unpaired) electrons. The zero-order valence-corrected chi connectivity index (χ0v) is 11.3. The third-order valence-electron chi connectivity index (χ3n) is 2.93. The fraction of sp³-hybridized carbons (Fsp3) is 0. The minimum atomic E-state index is -0.926. The second kappa shape index (κ2) is 4.51. The molecule has 0 saturated heterocycles. The molecule has 0 atom stereocenters. The second-order valence-corrected chi connectivity index (χ2v) is 5.00. The molecule has 0 unspecified atom stereocenters. The van der Waals surface area contributed by atoms with E-state index in [0.29, 0.717) is 10.9 Å². The maximum atomic E-state index is 11.2. The van der Waals surface area contributed by atoms with E-state index in [1.165, 1.54) is 0 Å². The summed E-state index contributed by atoms with van der Waals surface area (Å²) in [6, 6.07) is 10.8. The lowest BCUT2D eigenvalue weighted by Gasteiger charge is -2.08. The van der Waals surface area contributed by atoms with Gasteiger partial charge >= 0.3 is 5.97 Å². The van der Waals surface area contributed by atoms with Gasteiger partial charge in [-0.2, -0.15) is 5.10 Å². The molecule has 0 saturated carbocycles. The molecule has 0 bridgehead atoms. The standard InChI is InChI=1S/C14H9BrN2O2/c15-9-7-16-17(8-9)13-6-5-12(14(18)19)10-3-1-2-4-11(10)13/h1-8H,(H,18,19). The van der Waals surface area contributed by atoms with Crippen LogP contribution in [0.3, 0.4) is 0 Å². The molecule has 0 aliphatic heterocycles. The van der Waals surface area contributed by atoms with Gasteiger partial charge in [-0.25, -0.2) is 9.48 Å². The molecule has 0 aliphatic carbocycles. The second-order valence-electron chi connectivity index (χ2n) is 4.09. The van der Waals surface area contributed by atoms with Crippen molar-refractivity contribution in [3.05, 3.63) is 58.8 Å². The Morgan fingerprint density at radius 1 is 1.16 bits per heavy atom. The Hall–Kier alpha value is -2.14. The molecule has 1 aromatic heterocycles. The van der Waals surface area contributed by atoms with E-state index in [1.807, 2.05) is 24.4 Å². The van der Waals surface area contributed by atoms with Crippen molar-refractivity contribution in [3.63, 3.8) is 0 Å². The number of halogens is 1. The summed E-state index contributed by atoms with van der Waals surface area (Å²) in [6.45, 7) is 0. The summed E-state index contributed by atoms with van der Waals surface area (Å²) < 4.78 is 2.59. The van der Waals surface area contributed by atoms with Gasteiger partial charge in [-0.05, 0) is 33.4 Å². The summed E-state index contributed by atoms with van der Waals surface area (Å²) in [5.74, 6) is -0.926. The third-order valence-corrected chi connectivity index (χ3v) is 3.34. The smallest absolute Gasteiger partial charge is 0.336 e. The van der Waals surface area contributed by atoms with Crippen LogP contribution in [0.5, 0.6) is 0 Å². The number of nitrogens with zero attached hydrogens (tertiary/aromatic N) is 2. The highest BCUT2D eigenvalue weighted by Gasteiger charge is 2.12. The Labute approximate surface area is 117 Å². The highest BCUT2D eigenvalue weighted by molar-refractivity contribution is 9.10. The highest BCUT2D eigenvalue weighted by atomic mass is 79.9. The van der Waals surface area contributed by atoms with Crippen LogP contribution in [0.2, 0.25) is 0 Å². The summed E-state index contributed by atoms with van der Waals surface area (Å²) in [5.41, 5.74) is 1.15. The molecule has 1 heterocycles. The Morgan fingerprint density at radius 2 is 1.89 bits per heavy atom. The van der Waals surface area contributed by atoms with Crippen molar-refractivity contribution in [3.8, 4) is 5.69 Å². The van der Waals surface area contributed by atoms with Gasteiger partial charge in [0.05, 0.1) is 21.9 Å². The Bertz CT molecular complexity index is 780. The molecule has 0 amide bonds. The van der Waals surface area contributed by atoms with Crippen LogP contribution in [0.15, 0.2) is 53.3 Å². The van der Waals surface area contributed by atoms with Crippen LogP contribution in [0.1, 0.15) is 10.4 Å². The third kappa shape index (κ3) is 2.02. The zero-order valence-electron chi connectivity index (χ0n) is 9.75. The molecule has 94 valence electrons. The number of carboxylic acids is 1. The lowest BCUT2D eigenvalue weighted by Crippen LogP contribution is -2.01. The van der Waals surface area contributed by atoms with Gasteiger partial charge in [-0.15, -0.1) is 0 Å². The largest absolute Gasteiger partial charge is 0.478 e. The number of hydrogen-bond donors (Lipinski definition) is 1. The normalized spacial score (nSPS) is 10.8. The van der Waals surface area contributed by atoms with E-state index in [4.69, 9.17) is 0 Å². The van der Waals surface area contributed by atoms with E-state index in [0.717, 1.165) is 15.5 Å². The number of carbonyl (C=O) groups is 1. The fourth-order valence-corrected chi connectivity index (χ4v) is 2.39. The first-order chi connectivity index (χ1) is 9.16. The van der Waals surface area contributed by atoms with E-state index in [2.05, 4.69) is 21.0 Å². The van der Waals surface area contributed by atoms with Crippen LogP contribution < -0.4 is 0 Å². The van der Waals surface area contributed by atoms with Gasteiger partial charge in [0, 0.05) is 11.6 Å². The topological polar surface area (TPSA) is 55.1 Å². The van der Waals surface area contributed by atoms with E-state index in [9.17, 15) is 9.90 Å². The fourth-order valence-electron chi connectivity index (χ4n) is 2.10. The molecule has 5 heteroatoms. The highest BCUT2D eigenvalue weighted by Crippen LogP contribution is 2.26. The first-order valence-corrected chi connectivity index (χ1v) is 6.42. The van der Waals surface area contributed by atoms with Crippen LogP contribution >= 0.6 is 15.9 Å². The predicted molar refractivity (Wildman–Crippen MR) is 75.7 cm³/mol. The van der Waals surface area contributed by atoms with Gasteiger partial charge in [0.25, 0.3) is 0 Å². The minimum absolute atomic E-state index is 0.297. The molecule has 1 N–H and O–H groups in total. The first kappa shape index (κ1) is 11.9. The quantitative estimate of drug-likeness (QED) is 0.787. The van der Waals surface area contributed by atoms with Crippen molar-refractivity contribution >= 4 is 32.7 Å². The monoisotopic (exact) mass is 316 g/mol. The van der Waals surface area contributed by atoms with Gasteiger partial charge in [0.2, 0.25) is 0 Å². The van der Waals surface area contributed by atoms with E-state index in [1.54, 1.807) is 29.1 Å². The molecular weight excluding hydrogens is 308 g/mol. The van der Waals surface area contributed by atoms with E-state index < -0.39 is 5.97 Å². The van der Waals surface area contributed by atoms with Gasteiger partial charge in [-0.1, -0.05) is 24.3 Å². The maximum absolute atomic E-state index is 11.2. The summed E-state index contributed by atoms with van der Waals surface area (Å²) in [6.07, 6.45) is 3.53. The molecule has 0 fully saturated rings. The van der Waals surface area contributed by atoms with Crippen molar-refractivity contribution in [1.82, 2.24) is 9.78 Å². The molecule has 19 heavy (non-hydrogen) atoms. The van der Waals surface area contributed by atoms with Crippen LogP contribution in [-0.2, 0) is 0 Å². The number of fused-ring (bicyclic) bond motifs is 1. The molecule has 0 aliphatic rings. The molecular formula is C14H9BrN2O2. The summed E-state index contributed by atoms with van der Waals surface area (Å²) in [4.78, 5) is 11.2. The van der Waals surface area contributed by atoms with Gasteiger partial charge in [-0.3, -0.25) is 0 Å². The minimum Gasteiger partial charge on any atom is -0.478 e. The molecule has 3 aromatic rings. The van der Waals surface area contributed by atoms with Crippen LogP contribution in [0.25, 0.3) is 16.5 Å². The predicted octanol–water partition coefficient (Wildman–Crippen LogP) is 3.49. The van der Waals surface area contributed by atoms with Crippen LogP contribution in [0, 0.1) is 0 Å². The summed E-state index contributed by atoms with van der Waals surface area (Å²) in [5, 5.41) is 15.0. The summed E-state index contributed by atoms with van der Waals surface area (Å²) >= 11 is 3.35. The van der Waals surface area contributed by atoms with Crippen molar-refractivity contribution < 1.29 is 9.90 Å². The number of carboxylic acid groups (broad SMARTS) is 1. The van der Waals surface area contributed by atoms with Crippen LogP contribution in [-0.4, -0.2) is 20.9 Å². The van der Waals surface area contributed by atoms with Crippen molar-refractivity contribution in [2.24, 2.45) is 0 Å². The molecule has 0 spiro atoms. The van der Waals surface area contributed by atoms with Gasteiger partial charge in [0.15, 0.2) is 0 Å². The first-order valence-electron chi connectivity index (χ1n) is 5.62. The van der Waals surface area contributed by atoms with E-state index in [-0.39, 0.29) is 0 Å². The Morgan fingerprint density at radius 3 is 2.53 bits per heavy atom. The van der Waals surface area contributed by atoms with Crippen molar-refractivity contribution in [1.29, 1.82) is 0 Å². The average Bonchev–Trinajstić information content (AvgIpc) is 2.83. The lowest BCUT2D eigenvalue weighted by molar-refractivity contribution is 0.0699. The Balaban J connectivity index is 2.34. The number of aromatic nitrogens is 2. The molecule has 4 nitrogen and oxygen atoms in total. The summed E-state index contributed by atoms with van der Waals surface area (Å²) in [7, 11) is 0. The number of benzene rings is 2. The number of hydrogen-bond acceptors (Lipinski definition) is 2. The SMILES string of the molecule is O=C(O)c1ccc(-n2cc(Br)cn2)c2ccccc12. The van der Waals surface area contributed by atoms with Gasteiger partial charge in [0.1, 0.15) is 0 Å². The van der Waals surface area contributed by atoms with Gasteiger partial charge < -0.3 is 5.11 Å². The van der Waals surface area contributed by atoms with Crippen molar-refractivity contribution in [2.45, 2.75) is 0 Å². The molecule has 3 rings (SSSR count). The lowest BCUT2D eigenvalue weighted by atomic mass is 10.0. The Kier molecular flexibility index (Phi) is 2.83. The zero-order chi connectivity index (χ0) is 13.4.